The minimum absolute atomic E-state index is 0. The number of likely N-dealkylation sites (N-methyl/N-ethyl adjacent to an activating group) is 1. The van der Waals surface area contributed by atoms with Gasteiger partial charge in [-0.3, -0.25) is 43.3 Å². The van der Waals surface area contributed by atoms with E-state index in [0.29, 0.717) is 42.1 Å². The van der Waals surface area contributed by atoms with Gasteiger partial charge in [-0.25, -0.2) is 13.2 Å². The van der Waals surface area contributed by atoms with E-state index in [1.54, 1.807) is 41.1 Å². The molecule has 21 heteroatoms. The number of hydrogen-bond donors (Lipinski definition) is 2. The fourth-order valence-corrected chi connectivity index (χ4v) is 7.32. The van der Waals surface area contributed by atoms with Crippen molar-refractivity contribution in [2.24, 2.45) is 0 Å². The number of hydroxylamine groups is 2. The molecule has 1 atom stereocenters. The Labute approximate surface area is 420 Å². The molecule has 0 bridgehead atoms. The second kappa shape index (κ2) is 28.3. The van der Waals surface area contributed by atoms with Crippen LogP contribution in [0.15, 0.2) is 122 Å². The molecule has 2 aromatic carbocycles. The number of carbonyl (C=O) groups is 6. The largest absolute Gasteiger partial charge is 0.353 e. The molecule has 1 saturated heterocycles. The number of benzene rings is 2. The topological polar surface area (TPSA) is 238 Å². The first-order chi connectivity index (χ1) is 33.2. The summed E-state index contributed by atoms with van der Waals surface area (Å²) >= 11 is 0. The molecule has 1 aliphatic rings. The van der Waals surface area contributed by atoms with Crippen molar-refractivity contribution in [3.8, 4) is 22.8 Å². The molecule has 1 aliphatic heterocycles. The fourth-order valence-electron chi connectivity index (χ4n) is 6.48. The summed E-state index contributed by atoms with van der Waals surface area (Å²) in [5, 5.41) is 13.7. The van der Waals surface area contributed by atoms with Gasteiger partial charge in [0, 0.05) is 115 Å². The van der Waals surface area contributed by atoms with Crippen LogP contribution in [0.25, 0.3) is 22.8 Å². The van der Waals surface area contributed by atoms with Gasteiger partial charge in [0.25, 0.3) is 17.7 Å². The second-order valence-corrected chi connectivity index (χ2v) is 17.9. The number of nitrogens with one attached hydrogen (secondary N) is 2. The molecule has 2 N–H and O–H groups in total. The quantitative estimate of drug-likeness (QED) is 0.0648. The maximum atomic E-state index is 13.0. The molecule has 0 aliphatic carbocycles. The molecule has 1 radical (unpaired) electrons. The third-order valence-electron chi connectivity index (χ3n) is 10.1. The first kappa shape index (κ1) is 55.4. The van der Waals surface area contributed by atoms with Crippen LogP contribution in [0, 0.1) is 19.1 Å². The number of imide groups is 1. The molecule has 70 heavy (non-hydrogen) atoms. The monoisotopic (exact) mass is 1150 g/mol. The van der Waals surface area contributed by atoms with Crippen molar-refractivity contribution < 1.29 is 62.1 Å². The summed E-state index contributed by atoms with van der Waals surface area (Å²) in [4.78, 5) is 88.1. The average Bonchev–Trinajstić information content (AvgIpc) is 4.15. The summed E-state index contributed by atoms with van der Waals surface area (Å²) < 4.78 is 27.7. The van der Waals surface area contributed by atoms with Crippen molar-refractivity contribution in [1.29, 1.82) is 0 Å². The smallest absolute Gasteiger partial charge is 0.333 e. The first-order valence-corrected chi connectivity index (χ1v) is 24.1. The Balaban J connectivity index is 0.000000370. The average molecular weight is 1150 g/mol. The maximum Gasteiger partial charge on any atom is 0.333 e. The van der Waals surface area contributed by atoms with E-state index in [4.69, 9.17) is 4.84 Å². The van der Waals surface area contributed by atoms with Crippen LogP contribution in [0.3, 0.4) is 0 Å². The number of nitrogens with zero attached hydrogens (tertiary/aromatic N) is 8. The normalized spacial score (nSPS) is 12.2. The summed E-state index contributed by atoms with van der Waals surface area (Å²) in [6.45, 7) is 2.07. The molecule has 6 aromatic rings. The third kappa shape index (κ3) is 18.7. The van der Waals surface area contributed by atoms with Gasteiger partial charge < -0.3 is 20.4 Å². The molecule has 19 nitrogen and oxygen atoms in total. The van der Waals surface area contributed by atoms with Gasteiger partial charge in [0.2, 0.25) is 11.8 Å². The van der Waals surface area contributed by atoms with Gasteiger partial charge in [0.15, 0.2) is 0 Å². The summed E-state index contributed by atoms with van der Waals surface area (Å²) in [5.41, 5.74) is 4.06. The van der Waals surface area contributed by atoms with Crippen molar-refractivity contribution in [2.45, 2.75) is 64.3 Å². The maximum absolute atomic E-state index is 13.0. The predicted octanol–water partition coefficient (Wildman–Crippen LogP) is 4.46. The number of sulfone groups is 1. The Kier molecular flexibility index (Phi) is 22.4. The van der Waals surface area contributed by atoms with Gasteiger partial charge in [-0.15, -0.1) is 17.2 Å². The van der Waals surface area contributed by atoms with Crippen LogP contribution in [-0.4, -0.2) is 122 Å². The third-order valence-corrected chi connectivity index (χ3v) is 11.0. The number of pyridine rings is 2. The van der Waals surface area contributed by atoms with Gasteiger partial charge >= 0.3 is 5.97 Å². The number of rotatable bonds is 19. The standard InChI is InChI=1S/C31H40N6O9S.2C9H7N2.Ir/c1-21-12-14-32-23(18-21)24-19-22(13-15-33-24)30(42)35-25(20-47(3,44)45)31(43)34-16-17-36(2)26(38)8-6-4-5-7-9-29(41)46-37-27(39)10-11-28(37)40;2*1-2-5-9(6-3-1)11-8-4-7-10-11;/h12-15,18-19,25H,4-11,16-17,20H2,1-3H3,(H,34,43)(H,35,42);2*1-5,7-8H;/q;2*-1;. The molecule has 0 saturated carbocycles. The molecule has 371 valence electrons. The van der Waals surface area contributed by atoms with Crippen LogP contribution in [0.2, 0.25) is 0 Å². The van der Waals surface area contributed by atoms with Crippen molar-refractivity contribution in [3.63, 3.8) is 0 Å². The van der Waals surface area contributed by atoms with E-state index >= 15 is 0 Å². The number of amides is 5. The van der Waals surface area contributed by atoms with Gasteiger partial charge in [-0.05, 0) is 73.1 Å². The predicted molar refractivity (Wildman–Crippen MR) is 253 cm³/mol. The summed E-state index contributed by atoms with van der Waals surface area (Å²) in [6.07, 6.45) is 14.0. The van der Waals surface area contributed by atoms with E-state index in [2.05, 4.69) is 42.9 Å². The molecule has 1 unspecified atom stereocenters. The Bertz CT molecular complexity index is 2640. The Morgan fingerprint density at radius 1 is 0.771 bits per heavy atom. The van der Waals surface area contributed by atoms with Crippen molar-refractivity contribution in [2.75, 3.05) is 32.1 Å². The van der Waals surface area contributed by atoms with E-state index < -0.39 is 51.2 Å². The first-order valence-electron chi connectivity index (χ1n) is 22.1. The number of unbranched alkanes of at least 4 members (excludes halogenated alkanes) is 3. The van der Waals surface area contributed by atoms with Crippen molar-refractivity contribution in [3.05, 3.63) is 145 Å². The van der Waals surface area contributed by atoms with Crippen LogP contribution in [0.5, 0.6) is 0 Å². The number of carbonyl (C=O) groups excluding carboxylic acids is 6. The minimum atomic E-state index is -3.66. The zero-order valence-corrected chi connectivity index (χ0v) is 42.1. The fraction of sp³-hybridized carbons (Fsp3) is 0.306. The number of para-hydroxylation sites is 2. The van der Waals surface area contributed by atoms with E-state index in [1.807, 2.05) is 86.0 Å². The summed E-state index contributed by atoms with van der Waals surface area (Å²) in [6, 6.07) is 30.6. The van der Waals surface area contributed by atoms with Gasteiger partial charge in [-0.1, -0.05) is 12.8 Å². The zero-order valence-electron chi connectivity index (χ0n) is 38.9. The molecule has 7 rings (SSSR count). The molecule has 4 aromatic heterocycles. The number of aromatic nitrogens is 6. The van der Waals surface area contributed by atoms with E-state index in [0.717, 1.165) is 23.2 Å². The molecular weight excluding hydrogens is 1100 g/mol. The second-order valence-electron chi connectivity index (χ2n) is 15.7. The van der Waals surface area contributed by atoms with E-state index in [-0.39, 0.29) is 70.3 Å². The van der Waals surface area contributed by atoms with Crippen LogP contribution in [0.1, 0.15) is 67.3 Å². The molecule has 0 spiro atoms. The molecular formula is C49H54IrN10O9S-2. The summed E-state index contributed by atoms with van der Waals surface area (Å²) in [5.74, 6) is -3.88. The number of hydrogen-bond acceptors (Lipinski definition) is 13. The SMILES string of the molecule is Cc1ccnc(-c2cc(C(=O)NC(CS(C)(=O)=O)C(=O)NCCN(C)C(=O)CCCCCCC(=O)ON3C(=O)CCC3=O)ccn2)c1.[Ir].[c-]1ccccc1-n1cccn1.[c-]1ccccc1-n1cccn1. The van der Waals surface area contributed by atoms with Crippen LogP contribution < -0.4 is 10.6 Å². The van der Waals surface area contributed by atoms with Gasteiger partial charge in [0.1, 0.15) is 15.9 Å². The van der Waals surface area contributed by atoms with Gasteiger partial charge in [0.05, 0.1) is 17.1 Å². The molecule has 5 amide bonds. The van der Waals surface area contributed by atoms with E-state index in [9.17, 15) is 37.2 Å². The van der Waals surface area contributed by atoms with Crippen molar-refractivity contribution in [1.82, 2.24) is 50.1 Å². The zero-order chi connectivity index (χ0) is 49.6. The number of aryl methyl sites for hydroxylation is 1. The Hall–Kier alpha value is -7.22. The van der Waals surface area contributed by atoms with Crippen LogP contribution >= 0.6 is 0 Å². The molecule has 5 heterocycles. The minimum Gasteiger partial charge on any atom is -0.353 e. The summed E-state index contributed by atoms with van der Waals surface area (Å²) in [7, 11) is -2.08. The Morgan fingerprint density at radius 3 is 1.87 bits per heavy atom. The van der Waals surface area contributed by atoms with Crippen LogP contribution in [-0.2, 0) is 58.8 Å². The van der Waals surface area contributed by atoms with E-state index in [1.165, 1.54) is 23.2 Å². The Morgan fingerprint density at radius 2 is 1.34 bits per heavy atom. The van der Waals surface area contributed by atoms with Crippen molar-refractivity contribution >= 4 is 45.3 Å². The van der Waals surface area contributed by atoms with Gasteiger partial charge in [-0.2, -0.15) is 58.7 Å². The molecule has 1 fully saturated rings. The van der Waals surface area contributed by atoms with Crippen LogP contribution in [0.4, 0.5) is 0 Å².